The van der Waals surface area contributed by atoms with Crippen LogP contribution < -0.4 is 9.64 Å². The van der Waals surface area contributed by atoms with E-state index in [2.05, 4.69) is 4.90 Å². The predicted molar refractivity (Wildman–Crippen MR) is 125 cm³/mol. The molecule has 0 spiro atoms. The first-order valence-corrected chi connectivity index (χ1v) is 12.1. The van der Waals surface area contributed by atoms with E-state index < -0.39 is 17.3 Å². The number of amides is 1. The molecular weight excluding hydrogens is 477 g/mol. The van der Waals surface area contributed by atoms with Gasteiger partial charge < -0.3 is 29.1 Å². The molecule has 3 fully saturated rings. The number of alkyl halides is 3. The summed E-state index contributed by atoms with van der Waals surface area (Å²) in [6.45, 7) is 3.86. The summed E-state index contributed by atoms with van der Waals surface area (Å²) in [6.07, 6.45) is -3.41. The number of halogens is 3. The van der Waals surface area contributed by atoms with Crippen molar-refractivity contribution in [1.82, 2.24) is 4.90 Å². The monoisotopic (exact) mass is 506 g/mol. The average Bonchev–Trinajstić information content (AvgIpc) is 2.87. The summed E-state index contributed by atoms with van der Waals surface area (Å²) < 4.78 is 54.9. The van der Waals surface area contributed by atoms with Gasteiger partial charge in [0.15, 0.2) is 0 Å². The molecule has 2 aromatic rings. The van der Waals surface area contributed by atoms with Crippen LogP contribution in [0.4, 0.5) is 18.9 Å². The van der Waals surface area contributed by atoms with Crippen molar-refractivity contribution in [1.29, 1.82) is 0 Å². The van der Waals surface area contributed by atoms with Crippen LogP contribution in [0.25, 0.3) is 0 Å². The van der Waals surface area contributed by atoms with Crippen molar-refractivity contribution in [2.75, 3.05) is 57.5 Å². The van der Waals surface area contributed by atoms with Crippen molar-refractivity contribution in [3.05, 3.63) is 59.2 Å². The number of benzene rings is 2. The number of nitrogens with zero attached hydrogens (tertiary/aromatic N) is 2. The fourth-order valence-electron chi connectivity index (χ4n) is 4.79. The third-order valence-electron chi connectivity index (χ3n) is 7.01. The molecule has 0 bridgehead atoms. The molecule has 3 aliphatic rings. The van der Waals surface area contributed by atoms with E-state index >= 15 is 0 Å². The molecule has 1 amide bonds. The SMILES string of the molecule is O=C(c1ccc(C2(O)COC2)cc1N1CCOCC1)N1CCC(Oc2ccc(C(F)(F)F)cc2)CC1. The molecule has 5 rings (SSSR count). The summed E-state index contributed by atoms with van der Waals surface area (Å²) in [7, 11) is 0. The van der Waals surface area contributed by atoms with Gasteiger partial charge in [0.2, 0.25) is 0 Å². The number of likely N-dealkylation sites (tertiary alicyclic amines) is 1. The number of hydrogen-bond donors (Lipinski definition) is 1. The Morgan fingerprint density at radius 2 is 1.64 bits per heavy atom. The molecule has 3 aliphatic heterocycles. The van der Waals surface area contributed by atoms with E-state index in [0.29, 0.717) is 63.5 Å². The zero-order chi connectivity index (χ0) is 25.3. The van der Waals surface area contributed by atoms with Gasteiger partial charge >= 0.3 is 6.18 Å². The molecule has 3 heterocycles. The molecule has 2 aromatic carbocycles. The van der Waals surface area contributed by atoms with Crippen LogP contribution >= 0.6 is 0 Å². The van der Waals surface area contributed by atoms with Crippen molar-refractivity contribution < 1.29 is 37.3 Å². The molecule has 0 aliphatic carbocycles. The normalized spacial score (nSPS) is 20.7. The average molecular weight is 507 g/mol. The maximum atomic E-state index is 13.5. The van der Waals surface area contributed by atoms with Gasteiger partial charge in [0.1, 0.15) is 17.5 Å². The maximum absolute atomic E-state index is 13.5. The Bertz CT molecular complexity index is 1070. The maximum Gasteiger partial charge on any atom is 0.416 e. The van der Waals surface area contributed by atoms with Gasteiger partial charge in [-0.3, -0.25) is 4.79 Å². The Labute approximate surface area is 207 Å². The first-order valence-electron chi connectivity index (χ1n) is 12.1. The van der Waals surface area contributed by atoms with Gasteiger partial charge in [0, 0.05) is 39.0 Å². The van der Waals surface area contributed by atoms with Gasteiger partial charge in [0.05, 0.1) is 43.2 Å². The first-order chi connectivity index (χ1) is 17.2. The number of ether oxygens (including phenoxy) is 3. The molecule has 0 saturated carbocycles. The highest BCUT2D eigenvalue weighted by molar-refractivity contribution is 6.00. The fourth-order valence-corrected chi connectivity index (χ4v) is 4.79. The highest BCUT2D eigenvalue weighted by Gasteiger charge is 2.39. The van der Waals surface area contributed by atoms with E-state index in [1.54, 1.807) is 17.0 Å². The summed E-state index contributed by atoms with van der Waals surface area (Å²) in [5.74, 6) is 0.295. The fraction of sp³-hybridized carbons (Fsp3) is 0.500. The summed E-state index contributed by atoms with van der Waals surface area (Å²) in [6, 6.07) is 10.1. The highest BCUT2D eigenvalue weighted by Crippen LogP contribution is 2.35. The van der Waals surface area contributed by atoms with Gasteiger partial charge in [0.25, 0.3) is 5.91 Å². The topological polar surface area (TPSA) is 71.5 Å². The third kappa shape index (κ3) is 5.16. The summed E-state index contributed by atoms with van der Waals surface area (Å²) in [5.41, 5.74) is 0.344. The number of morpholine rings is 1. The van der Waals surface area contributed by atoms with Crippen molar-refractivity contribution >= 4 is 11.6 Å². The Hall–Kier alpha value is -2.82. The molecule has 0 unspecified atom stereocenters. The van der Waals surface area contributed by atoms with Crippen LogP contribution in [0.1, 0.15) is 34.3 Å². The van der Waals surface area contributed by atoms with E-state index in [4.69, 9.17) is 14.2 Å². The minimum Gasteiger partial charge on any atom is -0.490 e. The lowest BCUT2D eigenvalue weighted by Crippen LogP contribution is -2.47. The van der Waals surface area contributed by atoms with Crippen LogP contribution in [0.5, 0.6) is 5.75 Å². The zero-order valence-electron chi connectivity index (χ0n) is 19.8. The molecule has 36 heavy (non-hydrogen) atoms. The molecule has 3 saturated heterocycles. The van der Waals surface area contributed by atoms with Gasteiger partial charge in [-0.15, -0.1) is 0 Å². The number of piperidine rings is 1. The smallest absolute Gasteiger partial charge is 0.416 e. The van der Waals surface area contributed by atoms with E-state index in [9.17, 15) is 23.1 Å². The summed E-state index contributed by atoms with van der Waals surface area (Å²) in [5, 5.41) is 10.8. The van der Waals surface area contributed by atoms with E-state index in [1.165, 1.54) is 12.1 Å². The lowest BCUT2D eigenvalue weighted by Gasteiger charge is -2.39. The minimum absolute atomic E-state index is 0.0899. The largest absolute Gasteiger partial charge is 0.490 e. The Morgan fingerprint density at radius 1 is 0.972 bits per heavy atom. The second-order valence-corrected chi connectivity index (χ2v) is 9.49. The van der Waals surface area contributed by atoms with Gasteiger partial charge in [-0.2, -0.15) is 13.2 Å². The van der Waals surface area contributed by atoms with Crippen LogP contribution in [-0.4, -0.2) is 74.6 Å². The quantitative estimate of drug-likeness (QED) is 0.670. The molecule has 1 N–H and O–H groups in total. The molecule has 0 aromatic heterocycles. The third-order valence-corrected chi connectivity index (χ3v) is 7.01. The number of carbonyl (C=O) groups excluding carboxylic acids is 1. The van der Waals surface area contributed by atoms with E-state index in [0.717, 1.165) is 23.4 Å². The predicted octanol–water partition coefficient (Wildman–Crippen LogP) is 3.44. The van der Waals surface area contributed by atoms with Crippen LogP contribution in [0.15, 0.2) is 42.5 Å². The van der Waals surface area contributed by atoms with E-state index in [1.807, 2.05) is 6.07 Å². The first kappa shape index (κ1) is 24.9. The molecule has 194 valence electrons. The number of aliphatic hydroxyl groups is 1. The highest BCUT2D eigenvalue weighted by atomic mass is 19.4. The number of anilines is 1. The zero-order valence-corrected chi connectivity index (χ0v) is 19.8. The lowest BCUT2D eigenvalue weighted by molar-refractivity contribution is -0.184. The van der Waals surface area contributed by atoms with Crippen molar-refractivity contribution in [3.63, 3.8) is 0 Å². The standard InChI is InChI=1S/C26H29F3N2O5/c27-26(28,29)18-1-4-20(5-2-18)36-21-7-9-31(10-8-21)24(32)22-6-3-19(25(33)16-35-17-25)15-23(22)30-11-13-34-14-12-30/h1-6,15,21,33H,7-14,16-17H2. The molecule has 0 radical (unpaired) electrons. The van der Waals surface area contributed by atoms with Crippen molar-refractivity contribution in [3.8, 4) is 5.75 Å². The second-order valence-electron chi connectivity index (χ2n) is 9.49. The molecular formula is C26H29F3N2O5. The van der Waals surface area contributed by atoms with Gasteiger partial charge in [-0.25, -0.2) is 0 Å². The van der Waals surface area contributed by atoms with Crippen LogP contribution in [0.3, 0.4) is 0 Å². The summed E-state index contributed by atoms with van der Waals surface area (Å²) in [4.78, 5) is 17.4. The van der Waals surface area contributed by atoms with Crippen LogP contribution in [0.2, 0.25) is 0 Å². The second kappa shape index (κ2) is 9.91. The summed E-state index contributed by atoms with van der Waals surface area (Å²) >= 11 is 0. The Balaban J connectivity index is 1.26. The Morgan fingerprint density at radius 3 is 2.22 bits per heavy atom. The minimum atomic E-state index is -4.38. The molecule has 7 nitrogen and oxygen atoms in total. The number of rotatable bonds is 5. The molecule has 10 heteroatoms. The van der Waals surface area contributed by atoms with Crippen LogP contribution in [-0.2, 0) is 21.3 Å². The number of hydrogen-bond acceptors (Lipinski definition) is 6. The van der Waals surface area contributed by atoms with Crippen LogP contribution in [0, 0.1) is 0 Å². The van der Waals surface area contributed by atoms with Gasteiger partial charge in [-0.1, -0.05) is 6.07 Å². The lowest BCUT2D eigenvalue weighted by atomic mass is 9.90. The van der Waals surface area contributed by atoms with E-state index in [-0.39, 0.29) is 25.2 Å². The van der Waals surface area contributed by atoms with Crippen molar-refractivity contribution in [2.45, 2.75) is 30.7 Å². The van der Waals surface area contributed by atoms with Gasteiger partial charge in [-0.05, 0) is 42.0 Å². The molecule has 0 atom stereocenters. The van der Waals surface area contributed by atoms with Crippen molar-refractivity contribution in [2.24, 2.45) is 0 Å². The Kier molecular flexibility index (Phi) is 6.84. The number of carbonyl (C=O) groups is 1.